The summed E-state index contributed by atoms with van der Waals surface area (Å²) in [6.07, 6.45) is 3.12. The molecule has 0 N–H and O–H groups in total. The molecule has 0 fully saturated rings. The fourth-order valence-electron chi connectivity index (χ4n) is 1.60. The monoisotopic (exact) mass is 200 g/mol. The molecular formula is C9H16O3Si. The summed E-state index contributed by atoms with van der Waals surface area (Å²) in [5, 5.41) is 0. The molecule has 0 aliphatic heterocycles. The van der Waals surface area contributed by atoms with Crippen molar-refractivity contribution in [1.82, 2.24) is 0 Å². The lowest BCUT2D eigenvalue weighted by atomic mass is 10.1. The van der Waals surface area contributed by atoms with E-state index in [0.29, 0.717) is 0 Å². The van der Waals surface area contributed by atoms with Crippen molar-refractivity contribution in [3.8, 4) is 11.8 Å². The van der Waals surface area contributed by atoms with Crippen LogP contribution in [-0.4, -0.2) is 30.1 Å². The van der Waals surface area contributed by atoms with Crippen molar-refractivity contribution >= 4 is 8.80 Å². The van der Waals surface area contributed by atoms with Gasteiger partial charge in [-0.1, -0.05) is 5.92 Å². The van der Waals surface area contributed by atoms with Crippen LogP contribution in [0.15, 0.2) is 0 Å². The maximum absolute atomic E-state index is 5.37. The molecule has 4 heteroatoms. The third-order valence-electron chi connectivity index (χ3n) is 2.35. The molecule has 0 saturated heterocycles. The predicted molar refractivity (Wildman–Crippen MR) is 52.2 cm³/mol. The minimum Gasteiger partial charge on any atom is -0.376 e. The van der Waals surface area contributed by atoms with Gasteiger partial charge in [-0.2, -0.15) is 0 Å². The summed E-state index contributed by atoms with van der Waals surface area (Å²) in [6.45, 7) is 0. The van der Waals surface area contributed by atoms with E-state index in [4.69, 9.17) is 13.3 Å². The van der Waals surface area contributed by atoms with Crippen molar-refractivity contribution < 1.29 is 13.3 Å². The van der Waals surface area contributed by atoms with Gasteiger partial charge in [0.1, 0.15) is 0 Å². The third kappa shape index (κ3) is 2.12. The molecule has 1 aliphatic rings. The Kier molecular flexibility index (Phi) is 3.94. The standard InChI is InChI=1S/C9H16O3Si/c1-10-13(11-2,12-3)9-7-5-4-6-8-9/h9H,4-5,7H2,1-3H3. The van der Waals surface area contributed by atoms with Crippen LogP contribution in [0, 0.1) is 11.8 Å². The van der Waals surface area contributed by atoms with Crippen LogP contribution in [0.3, 0.4) is 0 Å². The van der Waals surface area contributed by atoms with E-state index in [-0.39, 0.29) is 5.54 Å². The first-order chi connectivity index (χ1) is 6.29. The van der Waals surface area contributed by atoms with Gasteiger partial charge in [0.15, 0.2) is 0 Å². The Hall–Kier alpha value is -0.343. The molecule has 0 radical (unpaired) electrons. The molecule has 13 heavy (non-hydrogen) atoms. The van der Waals surface area contributed by atoms with E-state index in [1.54, 1.807) is 21.3 Å². The maximum atomic E-state index is 5.37. The van der Waals surface area contributed by atoms with Crippen molar-refractivity contribution in [3.05, 3.63) is 0 Å². The van der Waals surface area contributed by atoms with Crippen molar-refractivity contribution in [2.75, 3.05) is 21.3 Å². The zero-order chi connectivity index (χ0) is 9.73. The Bertz CT molecular complexity index is 206. The van der Waals surface area contributed by atoms with E-state index in [2.05, 4.69) is 11.8 Å². The smallest absolute Gasteiger partial charge is 0.376 e. The second-order valence-corrected chi connectivity index (χ2v) is 6.11. The fraction of sp³-hybridized carbons (Fsp3) is 0.778. The van der Waals surface area contributed by atoms with E-state index in [9.17, 15) is 0 Å². The van der Waals surface area contributed by atoms with Crippen LogP contribution in [0.4, 0.5) is 0 Å². The van der Waals surface area contributed by atoms with Crippen LogP contribution in [0.5, 0.6) is 0 Å². The molecule has 0 aromatic rings. The van der Waals surface area contributed by atoms with Crippen molar-refractivity contribution in [1.29, 1.82) is 0 Å². The Morgan fingerprint density at radius 2 is 1.77 bits per heavy atom. The SMILES string of the molecule is CO[Si](OC)(OC)C1C#CCCC1. The van der Waals surface area contributed by atoms with Gasteiger partial charge in [-0.3, -0.25) is 0 Å². The first-order valence-corrected chi connectivity index (χ1v) is 6.23. The van der Waals surface area contributed by atoms with Gasteiger partial charge in [0, 0.05) is 27.8 Å². The van der Waals surface area contributed by atoms with Crippen molar-refractivity contribution in [3.63, 3.8) is 0 Å². The summed E-state index contributed by atoms with van der Waals surface area (Å²) in [7, 11) is 2.41. The lowest BCUT2D eigenvalue weighted by Crippen LogP contribution is -2.47. The third-order valence-corrected chi connectivity index (χ3v) is 5.34. The van der Waals surface area contributed by atoms with Gasteiger partial charge in [0.2, 0.25) is 0 Å². The molecule has 1 rings (SSSR count). The molecule has 1 atom stereocenters. The highest BCUT2D eigenvalue weighted by atomic mass is 28.4. The van der Waals surface area contributed by atoms with E-state index in [1.165, 1.54) is 0 Å². The largest absolute Gasteiger partial charge is 0.515 e. The number of hydrogen-bond acceptors (Lipinski definition) is 3. The topological polar surface area (TPSA) is 27.7 Å². The van der Waals surface area contributed by atoms with E-state index in [1.807, 2.05) is 0 Å². The van der Waals surface area contributed by atoms with Gasteiger partial charge in [-0.15, -0.1) is 5.92 Å². The molecule has 0 amide bonds. The van der Waals surface area contributed by atoms with Crippen LogP contribution >= 0.6 is 0 Å². The highest BCUT2D eigenvalue weighted by Gasteiger charge is 2.46. The summed E-state index contributed by atoms with van der Waals surface area (Å²) in [5.74, 6) is 6.24. The van der Waals surface area contributed by atoms with Crippen molar-refractivity contribution in [2.24, 2.45) is 0 Å². The molecule has 1 unspecified atom stereocenters. The predicted octanol–water partition coefficient (Wildman–Crippen LogP) is 1.42. The zero-order valence-corrected chi connectivity index (χ0v) is 9.42. The van der Waals surface area contributed by atoms with E-state index >= 15 is 0 Å². The Labute approximate surface area is 80.7 Å². The van der Waals surface area contributed by atoms with Gasteiger partial charge < -0.3 is 13.3 Å². The van der Waals surface area contributed by atoms with Crippen molar-refractivity contribution in [2.45, 2.75) is 24.8 Å². The Morgan fingerprint density at radius 1 is 1.15 bits per heavy atom. The minimum absolute atomic E-state index is 0.154. The summed E-state index contributed by atoms with van der Waals surface area (Å²) in [4.78, 5) is 0. The summed E-state index contributed by atoms with van der Waals surface area (Å²) >= 11 is 0. The fourth-order valence-corrected chi connectivity index (χ4v) is 3.79. The molecular weight excluding hydrogens is 184 g/mol. The quantitative estimate of drug-likeness (QED) is 0.507. The second-order valence-electron chi connectivity index (χ2n) is 2.98. The summed E-state index contributed by atoms with van der Waals surface area (Å²) in [5.41, 5.74) is 0.154. The molecule has 0 aromatic heterocycles. The van der Waals surface area contributed by atoms with Gasteiger partial charge in [0.05, 0.1) is 5.54 Å². The van der Waals surface area contributed by atoms with Crippen LogP contribution < -0.4 is 0 Å². The van der Waals surface area contributed by atoms with Gasteiger partial charge in [0.25, 0.3) is 0 Å². The lowest BCUT2D eigenvalue weighted by molar-refractivity contribution is 0.116. The highest BCUT2D eigenvalue weighted by molar-refractivity contribution is 6.63. The van der Waals surface area contributed by atoms with Crippen LogP contribution in [-0.2, 0) is 13.3 Å². The van der Waals surface area contributed by atoms with Crippen LogP contribution in [0.1, 0.15) is 19.3 Å². The lowest BCUT2D eigenvalue weighted by Gasteiger charge is -2.30. The number of rotatable bonds is 4. The first kappa shape index (κ1) is 10.7. The van der Waals surface area contributed by atoms with Gasteiger partial charge >= 0.3 is 8.80 Å². The Balaban J connectivity index is 2.76. The molecule has 0 heterocycles. The van der Waals surface area contributed by atoms with Crippen LogP contribution in [0.25, 0.3) is 0 Å². The van der Waals surface area contributed by atoms with Gasteiger partial charge in [-0.25, -0.2) is 0 Å². The molecule has 74 valence electrons. The average Bonchev–Trinajstić information content (AvgIpc) is 2.23. The molecule has 0 saturated carbocycles. The molecule has 0 aromatic carbocycles. The van der Waals surface area contributed by atoms with Crippen LogP contribution in [0.2, 0.25) is 5.54 Å². The minimum atomic E-state index is -2.49. The molecule has 1 aliphatic carbocycles. The average molecular weight is 200 g/mol. The first-order valence-electron chi connectivity index (χ1n) is 4.43. The number of hydrogen-bond donors (Lipinski definition) is 0. The molecule has 0 spiro atoms. The Morgan fingerprint density at radius 3 is 2.15 bits per heavy atom. The van der Waals surface area contributed by atoms with Gasteiger partial charge in [-0.05, 0) is 12.8 Å². The maximum Gasteiger partial charge on any atom is 0.515 e. The zero-order valence-electron chi connectivity index (χ0n) is 8.42. The summed E-state index contributed by atoms with van der Waals surface area (Å²) < 4.78 is 16.1. The summed E-state index contributed by atoms with van der Waals surface area (Å²) in [6, 6.07) is 0. The second kappa shape index (κ2) is 4.77. The molecule has 3 nitrogen and oxygen atoms in total. The van der Waals surface area contributed by atoms with E-state index in [0.717, 1.165) is 19.3 Å². The van der Waals surface area contributed by atoms with E-state index < -0.39 is 8.80 Å². The normalized spacial score (nSPS) is 22.2. The highest BCUT2D eigenvalue weighted by Crippen LogP contribution is 2.30. The molecule has 0 bridgehead atoms.